The number of nitrogens with zero attached hydrogens (tertiary/aromatic N) is 2. The van der Waals surface area contributed by atoms with Gasteiger partial charge in [-0.3, -0.25) is 19.9 Å². The molecule has 6 heteroatoms. The van der Waals surface area contributed by atoms with E-state index in [4.69, 9.17) is 0 Å². The first kappa shape index (κ1) is 13.4. The van der Waals surface area contributed by atoms with Gasteiger partial charge in [0, 0.05) is 36.3 Å². The molecule has 0 aliphatic rings. The predicted octanol–water partition coefficient (Wildman–Crippen LogP) is 2.64. The third-order valence-electron chi connectivity index (χ3n) is 2.48. The third-order valence-corrected chi connectivity index (χ3v) is 2.48. The minimum atomic E-state index is -0.469. The summed E-state index contributed by atoms with van der Waals surface area (Å²) in [5.74, 6) is -0.283. The lowest BCUT2D eigenvalue weighted by atomic mass is 10.2. The maximum atomic E-state index is 11.6. The number of nitrogens with one attached hydrogen (secondary N) is 1. The number of benzene rings is 1. The number of amides is 1. The van der Waals surface area contributed by atoms with Crippen molar-refractivity contribution in [2.24, 2.45) is 0 Å². The van der Waals surface area contributed by atoms with Gasteiger partial charge in [-0.1, -0.05) is 0 Å². The van der Waals surface area contributed by atoms with Crippen LogP contribution in [-0.4, -0.2) is 15.8 Å². The predicted molar refractivity (Wildman–Crippen MR) is 75.0 cm³/mol. The molecule has 1 N–H and O–H groups in total. The fraction of sp³-hybridized carbons (Fsp3) is 0. The molecule has 100 valence electrons. The monoisotopic (exact) mass is 269 g/mol. The average molecular weight is 269 g/mol. The van der Waals surface area contributed by atoms with E-state index in [0.29, 0.717) is 11.3 Å². The van der Waals surface area contributed by atoms with E-state index in [-0.39, 0.29) is 11.6 Å². The number of carbonyl (C=O) groups excluding carboxylic acids is 1. The zero-order valence-corrected chi connectivity index (χ0v) is 10.4. The zero-order valence-electron chi connectivity index (χ0n) is 10.4. The van der Waals surface area contributed by atoms with E-state index >= 15 is 0 Å². The first-order valence-electron chi connectivity index (χ1n) is 5.79. The van der Waals surface area contributed by atoms with Gasteiger partial charge in [0.2, 0.25) is 5.91 Å². The summed E-state index contributed by atoms with van der Waals surface area (Å²) in [5.41, 5.74) is 1.38. The SMILES string of the molecule is O=C(C=Cc1ccc([N+](=O)[O-])cc1)Nc1ccncc1. The number of non-ortho nitro benzene ring substituents is 1. The van der Waals surface area contributed by atoms with Gasteiger partial charge in [0.25, 0.3) is 5.69 Å². The molecule has 0 saturated carbocycles. The summed E-state index contributed by atoms with van der Waals surface area (Å²) < 4.78 is 0. The minimum absolute atomic E-state index is 0.0170. The number of anilines is 1. The average Bonchev–Trinajstić information content (AvgIpc) is 2.46. The van der Waals surface area contributed by atoms with Crippen LogP contribution in [0.2, 0.25) is 0 Å². The molecule has 1 aromatic carbocycles. The lowest BCUT2D eigenvalue weighted by Crippen LogP contribution is -2.07. The summed E-state index contributed by atoms with van der Waals surface area (Å²) in [6, 6.07) is 9.29. The Bertz CT molecular complexity index is 636. The number of nitro groups is 1. The first-order valence-corrected chi connectivity index (χ1v) is 5.79. The highest BCUT2D eigenvalue weighted by molar-refractivity contribution is 6.01. The van der Waals surface area contributed by atoms with Crippen LogP contribution in [0, 0.1) is 10.1 Å². The molecule has 0 unspecified atom stereocenters. The van der Waals surface area contributed by atoms with Crippen molar-refractivity contribution in [2.45, 2.75) is 0 Å². The molecule has 6 nitrogen and oxygen atoms in total. The van der Waals surface area contributed by atoms with Crippen LogP contribution in [0.1, 0.15) is 5.56 Å². The van der Waals surface area contributed by atoms with E-state index in [1.165, 1.54) is 18.2 Å². The minimum Gasteiger partial charge on any atom is -0.322 e. The fourth-order valence-corrected chi connectivity index (χ4v) is 1.50. The molecule has 0 spiro atoms. The summed E-state index contributed by atoms with van der Waals surface area (Å²) >= 11 is 0. The van der Waals surface area contributed by atoms with Gasteiger partial charge in [-0.15, -0.1) is 0 Å². The molecule has 1 aromatic heterocycles. The second-order valence-corrected chi connectivity index (χ2v) is 3.91. The van der Waals surface area contributed by atoms with Gasteiger partial charge in [0.15, 0.2) is 0 Å². The van der Waals surface area contributed by atoms with Crippen molar-refractivity contribution in [3.05, 3.63) is 70.5 Å². The number of pyridine rings is 1. The number of hydrogen-bond donors (Lipinski definition) is 1. The summed E-state index contributed by atoms with van der Waals surface area (Å²) in [6.07, 6.45) is 6.10. The van der Waals surface area contributed by atoms with Gasteiger partial charge < -0.3 is 5.32 Å². The van der Waals surface area contributed by atoms with Crippen molar-refractivity contribution < 1.29 is 9.72 Å². The smallest absolute Gasteiger partial charge is 0.269 e. The van der Waals surface area contributed by atoms with Gasteiger partial charge in [0.05, 0.1) is 4.92 Å². The van der Waals surface area contributed by atoms with Crippen LogP contribution in [0.15, 0.2) is 54.9 Å². The van der Waals surface area contributed by atoms with Crippen LogP contribution in [0.5, 0.6) is 0 Å². The maximum absolute atomic E-state index is 11.6. The van der Waals surface area contributed by atoms with Crippen LogP contribution in [-0.2, 0) is 4.79 Å². The highest BCUT2D eigenvalue weighted by atomic mass is 16.6. The Morgan fingerprint density at radius 2 is 1.80 bits per heavy atom. The van der Waals surface area contributed by atoms with Gasteiger partial charge in [0.1, 0.15) is 0 Å². The molecule has 0 fully saturated rings. The van der Waals surface area contributed by atoms with Gasteiger partial charge in [-0.2, -0.15) is 0 Å². The van der Waals surface area contributed by atoms with Crippen LogP contribution in [0.4, 0.5) is 11.4 Å². The van der Waals surface area contributed by atoms with E-state index < -0.39 is 4.92 Å². The second-order valence-electron chi connectivity index (χ2n) is 3.91. The highest BCUT2D eigenvalue weighted by Crippen LogP contribution is 2.13. The Morgan fingerprint density at radius 3 is 2.40 bits per heavy atom. The van der Waals surface area contributed by atoms with Crippen LogP contribution < -0.4 is 5.32 Å². The van der Waals surface area contributed by atoms with E-state index in [1.54, 1.807) is 42.7 Å². The van der Waals surface area contributed by atoms with Gasteiger partial charge in [-0.25, -0.2) is 0 Å². The molecule has 0 atom stereocenters. The number of aromatic nitrogens is 1. The van der Waals surface area contributed by atoms with Crippen LogP contribution in [0.25, 0.3) is 6.08 Å². The first-order chi connectivity index (χ1) is 9.65. The van der Waals surface area contributed by atoms with Crippen LogP contribution >= 0.6 is 0 Å². The summed E-state index contributed by atoms with van der Waals surface area (Å²) in [7, 11) is 0. The van der Waals surface area contributed by atoms with Crippen LogP contribution in [0.3, 0.4) is 0 Å². The normalized spacial score (nSPS) is 10.4. The van der Waals surface area contributed by atoms with E-state index in [9.17, 15) is 14.9 Å². The van der Waals surface area contributed by atoms with E-state index in [2.05, 4.69) is 10.3 Å². The summed E-state index contributed by atoms with van der Waals surface area (Å²) in [5, 5.41) is 13.2. The number of nitro benzene ring substituents is 1. The number of rotatable bonds is 4. The molecule has 20 heavy (non-hydrogen) atoms. The summed E-state index contributed by atoms with van der Waals surface area (Å²) in [4.78, 5) is 25.5. The number of carbonyl (C=O) groups is 1. The molecule has 0 saturated heterocycles. The summed E-state index contributed by atoms with van der Waals surface area (Å²) in [6.45, 7) is 0. The standard InChI is InChI=1S/C14H11N3O3/c18-14(16-12-7-9-15-10-8-12)6-3-11-1-4-13(5-2-11)17(19)20/h1-10H,(H,15,16,18). The Kier molecular flexibility index (Phi) is 4.18. The van der Waals surface area contributed by atoms with Gasteiger partial charge in [-0.05, 0) is 35.9 Å². The largest absolute Gasteiger partial charge is 0.322 e. The van der Waals surface area contributed by atoms with Crippen molar-refractivity contribution in [2.75, 3.05) is 5.32 Å². The van der Waals surface area contributed by atoms with Crippen molar-refractivity contribution in [1.29, 1.82) is 0 Å². The lowest BCUT2D eigenvalue weighted by Gasteiger charge is -2.00. The Hall–Kier alpha value is -3.02. The molecule has 0 aliphatic heterocycles. The van der Waals surface area contributed by atoms with Crippen molar-refractivity contribution in [3.63, 3.8) is 0 Å². The molecule has 2 rings (SSSR count). The highest BCUT2D eigenvalue weighted by Gasteiger charge is 2.02. The van der Waals surface area contributed by atoms with E-state index in [0.717, 1.165) is 0 Å². The molecular formula is C14H11N3O3. The van der Waals surface area contributed by atoms with Crippen molar-refractivity contribution in [1.82, 2.24) is 4.98 Å². The quantitative estimate of drug-likeness (QED) is 0.525. The Morgan fingerprint density at radius 1 is 1.15 bits per heavy atom. The lowest BCUT2D eigenvalue weighted by molar-refractivity contribution is -0.384. The zero-order chi connectivity index (χ0) is 14.4. The molecule has 1 amide bonds. The topological polar surface area (TPSA) is 85.1 Å². The van der Waals surface area contributed by atoms with Crippen molar-refractivity contribution >= 4 is 23.4 Å². The molecule has 2 aromatic rings. The van der Waals surface area contributed by atoms with Gasteiger partial charge >= 0.3 is 0 Å². The van der Waals surface area contributed by atoms with E-state index in [1.807, 2.05) is 0 Å². The molecular weight excluding hydrogens is 258 g/mol. The Balaban J connectivity index is 1.98. The van der Waals surface area contributed by atoms with Crippen molar-refractivity contribution in [3.8, 4) is 0 Å². The molecule has 0 aliphatic carbocycles. The number of hydrogen-bond acceptors (Lipinski definition) is 4. The third kappa shape index (κ3) is 3.74. The maximum Gasteiger partial charge on any atom is 0.269 e. The molecule has 1 heterocycles. The molecule has 0 bridgehead atoms. The fourth-order valence-electron chi connectivity index (χ4n) is 1.50. The Labute approximate surface area is 114 Å². The second kappa shape index (κ2) is 6.24. The molecule has 0 radical (unpaired) electrons.